The number of primary amides is 1. The predicted molar refractivity (Wildman–Crippen MR) is 155 cm³/mol. The van der Waals surface area contributed by atoms with Gasteiger partial charge in [0.2, 0.25) is 5.91 Å². The Balaban J connectivity index is 1.37. The zero-order valence-electron chi connectivity index (χ0n) is 21.8. The third kappa shape index (κ3) is 5.12. The first-order valence-electron chi connectivity index (χ1n) is 13.3. The molecule has 7 nitrogen and oxygen atoms in total. The second-order valence-corrected chi connectivity index (χ2v) is 10.9. The molecule has 1 amide bonds. The number of benzene rings is 3. The lowest BCUT2D eigenvalue weighted by molar-refractivity contribution is -0.117. The minimum absolute atomic E-state index is 0.172. The first-order valence-corrected chi connectivity index (χ1v) is 13.7. The number of halogens is 1. The average Bonchev–Trinajstić information content (AvgIpc) is 3.29. The van der Waals surface area contributed by atoms with Crippen molar-refractivity contribution in [1.29, 1.82) is 0 Å². The van der Waals surface area contributed by atoms with Gasteiger partial charge in [0.05, 0.1) is 25.2 Å². The van der Waals surface area contributed by atoms with Crippen LogP contribution in [0.15, 0.2) is 48.5 Å². The Labute approximate surface area is 228 Å². The van der Waals surface area contributed by atoms with Crippen molar-refractivity contribution in [3.05, 3.63) is 64.7 Å². The standard InChI is InChI=1S/C30H34ClN5O2/c1-34-6-8-36(9-7-34)24-4-5-25-26-15-22(14-23(17-29(32)37)30(26)33-28(25)18-24)20-2-3-21(27(31)16-20)19-35-10-12-38-13-11-35/h2-5,14-16,18,33H,6-13,17,19H2,1H3,(H2,32,37). The van der Waals surface area contributed by atoms with Crippen molar-refractivity contribution in [1.82, 2.24) is 14.8 Å². The molecule has 8 heteroatoms. The van der Waals surface area contributed by atoms with Crippen LogP contribution in [0.1, 0.15) is 11.1 Å². The summed E-state index contributed by atoms with van der Waals surface area (Å²) in [4.78, 5) is 22.8. The molecule has 0 atom stereocenters. The monoisotopic (exact) mass is 531 g/mol. The molecule has 3 N–H and O–H groups in total. The van der Waals surface area contributed by atoms with Gasteiger partial charge in [0, 0.05) is 72.8 Å². The van der Waals surface area contributed by atoms with Crippen LogP contribution in [-0.2, 0) is 22.5 Å². The number of likely N-dealkylation sites (N-methyl/N-ethyl adjacent to an activating group) is 1. The molecule has 0 radical (unpaired) electrons. The number of anilines is 1. The van der Waals surface area contributed by atoms with E-state index in [4.69, 9.17) is 22.1 Å². The van der Waals surface area contributed by atoms with E-state index in [-0.39, 0.29) is 12.3 Å². The molecule has 2 aliphatic rings. The van der Waals surface area contributed by atoms with Crippen molar-refractivity contribution in [2.75, 3.05) is 64.4 Å². The third-order valence-corrected chi connectivity index (χ3v) is 8.24. The van der Waals surface area contributed by atoms with Crippen LogP contribution in [-0.4, -0.2) is 80.2 Å². The topological polar surface area (TPSA) is 77.8 Å². The number of aromatic amines is 1. The Morgan fingerprint density at radius 3 is 2.45 bits per heavy atom. The van der Waals surface area contributed by atoms with Crippen LogP contribution in [0.3, 0.4) is 0 Å². The number of hydrogen-bond acceptors (Lipinski definition) is 5. The van der Waals surface area contributed by atoms with Crippen molar-refractivity contribution in [2.45, 2.75) is 13.0 Å². The number of carbonyl (C=O) groups excluding carboxylic acids is 1. The molecule has 6 rings (SSSR count). The molecule has 38 heavy (non-hydrogen) atoms. The number of carbonyl (C=O) groups is 1. The van der Waals surface area contributed by atoms with E-state index in [0.29, 0.717) is 0 Å². The molecule has 0 bridgehead atoms. The van der Waals surface area contributed by atoms with Gasteiger partial charge in [-0.05, 0) is 59.6 Å². The van der Waals surface area contributed by atoms with Crippen molar-refractivity contribution < 1.29 is 9.53 Å². The van der Waals surface area contributed by atoms with E-state index in [1.165, 1.54) is 5.69 Å². The number of piperazine rings is 1. The maximum atomic E-state index is 12.0. The zero-order chi connectivity index (χ0) is 26.2. The summed E-state index contributed by atoms with van der Waals surface area (Å²) in [5.74, 6) is -0.348. The SMILES string of the molecule is CN1CCN(c2ccc3c(c2)[nH]c2c(CC(N)=O)cc(-c4ccc(CN5CCOCC5)c(Cl)c4)cc23)CC1. The van der Waals surface area contributed by atoms with Crippen molar-refractivity contribution in [2.24, 2.45) is 5.73 Å². The van der Waals surface area contributed by atoms with Crippen LogP contribution >= 0.6 is 11.6 Å². The van der Waals surface area contributed by atoms with Crippen LogP contribution in [0, 0.1) is 0 Å². The highest BCUT2D eigenvalue weighted by molar-refractivity contribution is 6.31. The Bertz CT molecular complexity index is 1490. The van der Waals surface area contributed by atoms with E-state index in [0.717, 1.165) is 108 Å². The second-order valence-electron chi connectivity index (χ2n) is 10.5. The average molecular weight is 532 g/mol. The largest absolute Gasteiger partial charge is 0.379 e. The summed E-state index contributed by atoms with van der Waals surface area (Å²) in [5.41, 5.74) is 13.0. The van der Waals surface area contributed by atoms with E-state index in [9.17, 15) is 4.79 Å². The van der Waals surface area contributed by atoms with Gasteiger partial charge < -0.3 is 25.3 Å². The molecular formula is C30H34ClN5O2. The van der Waals surface area contributed by atoms with E-state index in [1.807, 2.05) is 6.07 Å². The number of morpholine rings is 1. The molecule has 0 unspecified atom stereocenters. The molecule has 3 heterocycles. The van der Waals surface area contributed by atoms with Gasteiger partial charge in [-0.2, -0.15) is 0 Å². The summed E-state index contributed by atoms with van der Waals surface area (Å²) in [5, 5.41) is 2.98. The highest BCUT2D eigenvalue weighted by Gasteiger charge is 2.18. The van der Waals surface area contributed by atoms with Crippen molar-refractivity contribution >= 4 is 45.0 Å². The minimum atomic E-state index is -0.348. The van der Waals surface area contributed by atoms with Gasteiger partial charge in [0.1, 0.15) is 0 Å². The lowest BCUT2D eigenvalue weighted by Crippen LogP contribution is -2.44. The number of nitrogens with one attached hydrogen (secondary N) is 1. The molecule has 0 spiro atoms. The maximum Gasteiger partial charge on any atom is 0.221 e. The molecule has 4 aromatic rings. The van der Waals surface area contributed by atoms with Crippen molar-refractivity contribution in [3.8, 4) is 11.1 Å². The van der Waals surface area contributed by atoms with E-state index >= 15 is 0 Å². The van der Waals surface area contributed by atoms with Crippen LogP contribution < -0.4 is 10.6 Å². The van der Waals surface area contributed by atoms with Crippen LogP contribution in [0.25, 0.3) is 32.9 Å². The number of amides is 1. The van der Waals surface area contributed by atoms with Gasteiger partial charge >= 0.3 is 0 Å². The Hall–Kier alpha value is -3.10. The molecule has 0 saturated carbocycles. The van der Waals surface area contributed by atoms with Crippen LogP contribution in [0.4, 0.5) is 5.69 Å². The predicted octanol–water partition coefficient (Wildman–Crippen LogP) is 4.25. The van der Waals surface area contributed by atoms with E-state index in [1.54, 1.807) is 0 Å². The lowest BCUT2D eigenvalue weighted by atomic mass is 9.97. The summed E-state index contributed by atoms with van der Waals surface area (Å²) in [6.45, 7) is 8.33. The summed E-state index contributed by atoms with van der Waals surface area (Å²) in [6, 6.07) is 17.2. The zero-order valence-corrected chi connectivity index (χ0v) is 22.6. The van der Waals surface area contributed by atoms with Gasteiger partial charge in [-0.15, -0.1) is 0 Å². The number of nitrogens with two attached hydrogens (primary N) is 1. The molecule has 198 valence electrons. The van der Waals surface area contributed by atoms with Crippen molar-refractivity contribution in [3.63, 3.8) is 0 Å². The summed E-state index contributed by atoms with van der Waals surface area (Å²) < 4.78 is 5.47. The van der Waals surface area contributed by atoms with Gasteiger partial charge in [-0.1, -0.05) is 29.8 Å². The number of ether oxygens (including phenoxy) is 1. The first-order chi connectivity index (χ1) is 18.4. The Morgan fingerprint density at radius 1 is 0.921 bits per heavy atom. The lowest BCUT2D eigenvalue weighted by Gasteiger charge is -2.34. The minimum Gasteiger partial charge on any atom is -0.379 e. The van der Waals surface area contributed by atoms with E-state index in [2.05, 4.69) is 69.2 Å². The Kier molecular flexibility index (Phi) is 7.01. The maximum absolute atomic E-state index is 12.0. The van der Waals surface area contributed by atoms with Gasteiger partial charge in [-0.25, -0.2) is 0 Å². The number of fused-ring (bicyclic) bond motifs is 3. The number of rotatable bonds is 6. The fourth-order valence-corrected chi connectivity index (χ4v) is 5.92. The van der Waals surface area contributed by atoms with Crippen LogP contribution in [0.5, 0.6) is 0 Å². The summed E-state index contributed by atoms with van der Waals surface area (Å²) in [6.07, 6.45) is 0.172. The molecular weight excluding hydrogens is 498 g/mol. The normalized spacial score (nSPS) is 17.5. The summed E-state index contributed by atoms with van der Waals surface area (Å²) >= 11 is 6.77. The number of H-pyrrole nitrogens is 1. The number of aromatic nitrogens is 1. The van der Waals surface area contributed by atoms with Gasteiger partial charge in [-0.3, -0.25) is 9.69 Å². The number of hydrogen-bond donors (Lipinski definition) is 2. The molecule has 2 saturated heterocycles. The van der Waals surface area contributed by atoms with Gasteiger partial charge in [0.15, 0.2) is 0 Å². The number of nitrogens with zero attached hydrogens (tertiary/aromatic N) is 3. The summed E-state index contributed by atoms with van der Waals surface area (Å²) in [7, 11) is 2.17. The van der Waals surface area contributed by atoms with E-state index < -0.39 is 0 Å². The fraction of sp³-hybridized carbons (Fsp3) is 0.367. The van der Waals surface area contributed by atoms with Gasteiger partial charge in [0.25, 0.3) is 0 Å². The molecule has 3 aromatic carbocycles. The molecule has 2 fully saturated rings. The quantitative estimate of drug-likeness (QED) is 0.389. The van der Waals surface area contributed by atoms with Crippen LogP contribution in [0.2, 0.25) is 5.02 Å². The highest BCUT2D eigenvalue weighted by Crippen LogP contribution is 2.36. The molecule has 0 aliphatic carbocycles. The Morgan fingerprint density at radius 2 is 1.71 bits per heavy atom. The fourth-order valence-electron chi connectivity index (χ4n) is 5.68. The first kappa shape index (κ1) is 25.2. The second kappa shape index (κ2) is 10.6. The third-order valence-electron chi connectivity index (χ3n) is 7.89. The smallest absolute Gasteiger partial charge is 0.221 e. The molecule has 1 aromatic heterocycles. The highest BCUT2D eigenvalue weighted by atomic mass is 35.5. The molecule has 2 aliphatic heterocycles.